The Hall–Kier alpha value is -2.21. The van der Waals surface area contributed by atoms with Crippen LogP contribution in [0.4, 0.5) is 0 Å². The molecule has 1 aromatic carbocycles. The van der Waals surface area contributed by atoms with E-state index in [2.05, 4.69) is 10.2 Å². The molecule has 0 bridgehead atoms. The Morgan fingerprint density at radius 1 is 1.25 bits per heavy atom. The van der Waals surface area contributed by atoms with Gasteiger partial charge in [0.15, 0.2) is 0 Å². The molecule has 0 radical (unpaired) electrons. The van der Waals surface area contributed by atoms with Gasteiger partial charge in [-0.15, -0.1) is 10.2 Å². The molecule has 2 atom stereocenters. The topological polar surface area (TPSA) is 68.5 Å². The van der Waals surface area contributed by atoms with Crippen molar-refractivity contribution < 1.29 is 13.9 Å². The Morgan fingerprint density at radius 3 is 2.75 bits per heavy atom. The lowest BCUT2D eigenvalue weighted by atomic mass is 10.1. The van der Waals surface area contributed by atoms with Gasteiger partial charge >= 0.3 is 0 Å². The maximum absolute atomic E-state index is 12.4. The first-order valence-electron chi connectivity index (χ1n) is 8.33. The van der Waals surface area contributed by atoms with Crippen molar-refractivity contribution in [3.8, 4) is 11.5 Å². The second kappa shape index (κ2) is 7.13. The zero-order chi connectivity index (χ0) is 17.1. The molecule has 3 rings (SSSR count). The van der Waals surface area contributed by atoms with Crippen LogP contribution in [0.15, 0.2) is 28.7 Å². The zero-order valence-corrected chi connectivity index (χ0v) is 14.4. The van der Waals surface area contributed by atoms with Crippen LogP contribution in [0.5, 0.6) is 0 Å². The summed E-state index contributed by atoms with van der Waals surface area (Å²) in [6, 6.07) is 8.02. The molecule has 1 amide bonds. The molecule has 1 aliphatic rings. The third-order valence-electron chi connectivity index (χ3n) is 4.25. The first-order valence-corrected chi connectivity index (χ1v) is 8.33. The SMILES string of the molecule is Cc1ccc(-c2nnc(CCC(=O)N3C[C@H](C)OC[C@H]3C)o2)cc1. The highest BCUT2D eigenvalue weighted by atomic mass is 16.5. The third kappa shape index (κ3) is 3.82. The fourth-order valence-electron chi connectivity index (χ4n) is 2.78. The van der Waals surface area contributed by atoms with E-state index >= 15 is 0 Å². The van der Waals surface area contributed by atoms with Gasteiger partial charge in [-0.25, -0.2) is 0 Å². The van der Waals surface area contributed by atoms with Gasteiger partial charge in [0.05, 0.1) is 18.8 Å². The fourth-order valence-corrected chi connectivity index (χ4v) is 2.78. The standard InChI is InChI=1S/C18H23N3O3/c1-12-4-6-15(7-5-12)18-20-19-16(24-18)8-9-17(22)21-10-14(3)23-11-13(21)2/h4-7,13-14H,8-11H2,1-3H3/t13-,14+/m1/s1. The number of benzene rings is 1. The lowest BCUT2D eigenvalue weighted by Crippen LogP contribution is -2.50. The molecule has 0 N–H and O–H groups in total. The number of amides is 1. The number of nitrogens with zero attached hydrogens (tertiary/aromatic N) is 3. The quantitative estimate of drug-likeness (QED) is 0.862. The lowest BCUT2D eigenvalue weighted by Gasteiger charge is -2.36. The van der Waals surface area contributed by atoms with E-state index < -0.39 is 0 Å². The van der Waals surface area contributed by atoms with Gasteiger partial charge in [-0.1, -0.05) is 17.7 Å². The van der Waals surface area contributed by atoms with Gasteiger partial charge in [0.2, 0.25) is 17.7 Å². The molecule has 1 aliphatic heterocycles. The molecule has 6 nitrogen and oxygen atoms in total. The highest BCUT2D eigenvalue weighted by Gasteiger charge is 2.27. The predicted octanol–water partition coefficient (Wildman–Crippen LogP) is 2.61. The molecule has 24 heavy (non-hydrogen) atoms. The molecule has 2 aromatic rings. The summed E-state index contributed by atoms with van der Waals surface area (Å²) in [6.45, 7) is 7.25. The summed E-state index contributed by atoms with van der Waals surface area (Å²) in [6.07, 6.45) is 0.907. The van der Waals surface area contributed by atoms with Crippen LogP contribution in [0.1, 0.15) is 31.7 Å². The van der Waals surface area contributed by atoms with Gasteiger partial charge in [-0.05, 0) is 32.9 Å². The largest absolute Gasteiger partial charge is 0.421 e. The van der Waals surface area contributed by atoms with E-state index in [-0.39, 0.29) is 18.1 Å². The lowest BCUT2D eigenvalue weighted by molar-refractivity contribution is -0.143. The van der Waals surface area contributed by atoms with Crippen molar-refractivity contribution in [3.05, 3.63) is 35.7 Å². The zero-order valence-electron chi connectivity index (χ0n) is 14.4. The van der Waals surface area contributed by atoms with Crippen LogP contribution in [-0.4, -0.2) is 46.3 Å². The van der Waals surface area contributed by atoms with Crippen LogP contribution in [0.3, 0.4) is 0 Å². The van der Waals surface area contributed by atoms with E-state index in [1.54, 1.807) is 0 Å². The summed E-state index contributed by atoms with van der Waals surface area (Å²) in [5.74, 6) is 1.09. The minimum absolute atomic E-state index is 0.0849. The molecule has 6 heteroatoms. The van der Waals surface area contributed by atoms with Gasteiger partial charge in [0.25, 0.3) is 0 Å². The van der Waals surface area contributed by atoms with Crippen LogP contribution in [0.2, 0.25) is 0 Å². The maximum Gasteiger partial charge on any atom is 0.247 e. The van der Waals surface area contributed by atoms with Crippen molar-refractivity contribution in [1.82, 2.24) is 15.1 Å². The number of carbonyl (C=O) groups is 1. The number of aromatic nitrogens is 2. The Bertz CT molecular complexity index is 696. The predicted molar refractivity (Wildman–Crippen MR) is 89.4 cm³/mol. The summed E-state index contributed by atoms with van der Waals surface area (Å²) in [5.41, 5.74) is 2.07. The normalized spacial score (nSPS) is 21.0. The summed E-state index contributed by atoms with van der Waals surface area (Å²) in [4.78, 5) is 14.3. The van der Waals surface area contributed by atoms with E-state index in [1.807, 2.05) is 49.9 Å². The van der Waals surface area contributed by atoms with Crippen LogP contribution in [-0.2, 0) is 16.0 Å². The van der Waals surface area contributed by atoms with Gasteiger partial charge in [-0.3, -0.25) is 4.79 Å². The van der Waals surface area contributed by atoms with E-state index in [1.165, 1.54) is 5.56 Å². The average Bonchev–Trinajstić information content (AvgIpc) is 3.04. The smallest absolute Gasteiger partial charge is 0.247 e. The molecule has 2 heterocycles. The second-order valence-corrected chi connectivity index (χ2v) is 6.41. The van der Waals surface area contributed by atoms with Crippen molar-refractivity contribution in [2.75, 3.05) is 13.2 Å². The summed E-state index contributed by atoms with van der Waals surface area (Å²) >= 11 is 0. The highest BCUT2D eigenvalue weighted by Crippen LogP contribution is 2.19. The number of hydrogen-bond acceptors (Lipinski definition) is 5. The molecular weight excluding hydrogens is 306 g/mol. The Balaban J connectivity index is 1.59. The minimum atomic E-state index is 0.0849. The number of rotatable bonds is 4. The summed E-state index contributed by atoms with van der Waals surface area (Å²) < 4.78 is 11.2. The summed E-state index contributed by atoms with van der Waals surface area (Å²) in [5, 5.41) is 8.13. The number of hydrogen-bond donors (Lipinski definition) is 0. The number of carbonyl (C=O) groups excluding carboxylic acids is 1. The van der Waals surface area contributed by atoms with E-state index in [4.69, 9.17) is 9.15 Å². The minimum Gasteiger partial charge on any atom is -0.421 e. The Morgan fingerprint density at radius 2 is 2.00 bits per heavy atom. The molecule has 128 valence electrons. The van der Waals surface area contributed by atoms with Crippen molar-refractivity contribution in [2.45, 2.75) is 45.8 Å². The second-order valence-electron chi connectivity index (χ2n) is 6.41. The van der Waals surface area contributed by atoms with Gasteiger partial charge in [0.1, 0.15) is 0 Å². The third-order valence-corrected chi connectivity index (χ3v) is 4.25. The number of aryl methyl sites for hydroxylation is 2. The average molecular weight is 329 g/mol. The molecule has 0 aliphatic carbocycles. The fraction of sp³-hybridized carbons (Fsp3) is 0.500. The molecule has 0 unspecified atom stereocenters. The van der Waals surface area contributed by atoms with Crippen LogP contribution in [0, 0.1) is 6.92 Å². The van der Waals surface area contributed by atoms with E-state index in [0.29, 0.717) is 37.8 Å². The first-order chi connectivity index (χ1) is 11.5. The maximum atomic E-state index is 12.4. The van der Waals surface area contributed by atoms with Gasteiger partial charge < -0.3 is 14.1 Å². The molecular formula is C18H23N3O3. The summed E-state index contributed by atoms with van der Waals surface area (Å²) in [7, 11) is 0. The molecule has 1 aromatic heterocycles. The van der Waals surface area contributed by atoms with Gasteiger partial charge in [-0.2, -0.15) is 0 Å². The number of ether oxygens (including phenoxy) is 1. The molecule has 1 saturated heterocycles. The Kier molecular flexibility index (Phi) is 4.94. The van der Waals surface area contributed by atoms with E-state index in [0.717, 1.165) is 5.56 Å². The van der Waals surface area contributed by atoms with Crippen LogP contribution in [0.25, 0.3) is 11.5 Å². The van der Waals surface area contributed by atoms with Gasteiger partial charge in [0, 0.05) is 24.9 Å². The molecule has 0 saturated carbocycles. The molecule has 1 fully saturated rings. The van der Waals surface area contributed by atoms with Crippen LogP contribution >= 0.6 is 0 Å². The first kappa shape index (κ1) is 16.6. The molecule has 0 spiro atoms. The van der Waals surface area contributed by atoms with Crippen LogP contribution < -0.4 is 0 Å². The highest BCUT2D eigenvalue weighted by molar-refractivity contribution is 5.76. The van der Waals surface area contributed by atoms with E-state index in [9.17, 15) is 4.79 Å². The van der Waals surface area contributed by atoms with Crippen molar-refractivity contribution in [3.63, 3.8) is 0 Å². The Labute approximate surface area is 141 Å². The van der Waals surface area contributed by atoms with Crippen molar-refractivity contribution in [1.29, 1.82) is 0 Å². The van der Waals surface area contributed by atoms with Crippen molar-refractivity contribution in [2.24, 2.45) is 0 Å². The number of morpholine rings is 1. The van der Waals surface area contributed by atoms with Crippen molar-refractivity contribution >= 4 is 5.91 Å². The monoisotopic (exact) mass is 329 g/mol.